The van der Waals surface area contributed by atoms with E-state index < -0.39 is 5.67 Å². The molecule has 0 spiro atoms. The fourth-order valence-electron chi connectivity index (χ4n) is 2.75. The minimum atomic E-state index is -1.62. The third-order valence-corrected chi connectivity index (χ3v) is 3.77. The van der Waals surface area contributed by atoms with Gasteiger partial charge in [0.25, 0.3) is 0 Å². The average Bonchev–Trinajstić information content (AvgIpc) is 2.69. The molecule has 3 rings (SSSR count). The fourth-order valence-corrected chi connectivity index (χ4v) is 2.75. The first-order valence-corrected chi connectivity index (χ1v) is 6.37. The number of benzene rings is 2. The number of Topliss-reactive ketones (excluding diaryl/α,β-unsaturated/α-hetero) is 1. The normalized spacial score (nSPS) is 23.7. The van der Waals surface area contributed by atoms with Crippen LogP contribution in [-0.4, -0.2) is 11.5 Å². The van der Waals surface area contributed by atoms with Gasteiger partial charge in [-0.15, -0.1) is 0 Å². The second kappa shape index (κ2) is 4.20. The van der Waals surface area contributed by atoms with Crippen LogP contribution in [0.3, 0.4) is 0 Å². The van der Waals surface area contributed by atoms with Crippen molar-refractivity contribution >= 4 is 16.6 Å². The number of rotatable bonds is 2. The van der Waals surface area contributed by atoms with E-state index in [1.165, 1.54) is 0 Å². The van der Waals surface area contributed by atoms with Crippen LogP contribution in [0.5, 0.6) is 0 Å². The number of halogens is 1. The van der Waals surface area contributed by atoms with E-state index >= 15 is 0 Å². The average molecular weight is 242 g/mol. The lowest BCUT2D eigenvalue weighted by Crippen LogP contribution is -2.30. The van der Waals surface area contributed by atoms with Crippen LogP contribution in [0.1, 0.15) is 24.8 Å². The number of ketones is 1. The molecule has 0 aliphatic heterocycles. The summed E-state index contributed by atoms with van der Waals surface area (Å²) in [5.74, 6) is -0.226. The molecule has 1 fully saturated rings. The Bertz CT molecular complexity index is 605. The van der Waals surface area contributed by atoms with E-state index in [0.29, 0.717) is 19.3 Å². The van der Waals surface area contributed by atoms with E-state index in [0.717, 1.165) is 16.3 Å². The van der Waals surface area contributed by atoms with Crippen LogP contribution in [-0.2, 0) is 11.2 Å². The molecule has 2 aromatic rings. The molecule has 0 aromatic heterocycles. The summed E-state index contributed by atoms with van der Waals surface area (Å²) in [6, 6.07) is 13.9. The molecule has 0 saturated heterocycles. The topological polar surface area (TPSA) is 17.1 Å². The summed E-state index contributed by atoms with van der Waals surface area (Å²) in [4.78, 5) is 11.6. The zero-order chi connectivity index (χ0) is 12.6. The van der Waals surface area contributed by atoms with Gasteiger partial charge >= 0.3 is 0 Å². The minimum absolute atomic E-state index is 0.219. The molecule has 18 heavy (non-hydrogen) atoms. The molecule has 1 aliphatic rings. The van der Waals surface area contributed by atoms with E-state index in [4.69, 9.17) is 0 Å². The molecule has 2 aromatic carbocycles. The Morgan fingerprint density at radius 3 is 2.61 bits per heavy atom. The quantitative estimate of drug-likeness (QED) is 0.782. The fraction of sp³-hybridized carbons (Fsp3) is 0.312. The predicted octanol–water partition coefficient (Wildman–Crippen LogP) is 3.84. The first-order chi connectivity index (χ1) is 8.67. The minimum Gasteiger partial charge on any atom is -0.296 e. The highest BCUT2D eigenvalue weighted by molar-refractivity contribution is 5.90. The van der Waals surface area contributed by atoms with E-state index in [2.05, 4.69) is 0 Å². The SMILES string of the molecule is O=C1CCCC1(F)Cc1ccc2ccccc2c1. The van der Waals surface area contributed by atoms with Crippen LogP contribution < -0.4 is 0 Å². The molecule has 92 valence electrons. The number of alkyl halides is 1. The number of carbonyl (C=O) groups excluding carboxylic acids is 1. The van der Waals surface area contributed by atoms with Crippen molar-refractivity contribution in [3.63, 3.8) is 0 Å². The van der Waals surface area contributed by atoms with Crippen LogP contribution >= 0.6 is 0 Å². The van der Waals surface area contributed by atoms with Crippen LogP contribution in [0.25, 0.3) is 10.8 Å². The maximum absolute atomic E-state index is 14.4. The number of hydrogen-bond acceptors (Lipinski definition) is 1. The number of carbonyl (C=O) groups is 1. The van der Waals surface area contributed by atoms with E-state index in [1.807, 2.05) is 42.5 Å². The summed E-state index contributed by atoms with van der Waals surface area (Å²) in [5.41, 5.74) is -0.714. The molecule has 0 radical (unpaired) electrons. The highest BCUT2D eigenvalue weighted by atomic mass is 19.1. The summed E-state index contributed by atoms with van der Waals surface area (Å²) >= 11 is 0. The van der Waals surface area contributed by atoms with Gasteiger partial charge in [0.1, 0.15) is 0 Å². The molecule has 1 nitrogen and oxygen atoms in total. The second-order valence-electron chi connectivity index (χ2n) is 5.10. The predicted molar refractivity (Wildman–Crippen MR) is 70.3 cm³/mol. The molecule has 0 N–H and O–H groups in total. The summed E-state index contributed by atoms with van der Waals surface area (Å²) in [5, 5.41) is 2.25. The first-order valence-electron chi connectivity index (χ1n) is 6.37. The largest absolute Gasteiger partial charge is 0.296 e. The first kappa shape index (κ1) is 11.4. The zero-order valence-electron chi connectivity index (χ0n) is 10.2. The van der Waals surface area contributed by atoms with Gasteiger partial charge in [-0.2, -0.15) is 0 Å². The molecular weight excluding hydrogens is 227 g/mol. The van der Waals surface area contributed by atoms with Crippen molar-refractivity contribution in [2.24, 2.45) is 0 Å². The van der Waals surface area contributed by atoms with Gasteiger partial charge in [0.05, 0.1) is 0 Å². The second-order valence-corrected chi connectivity index (χ2v) is 5.10. The maximum atomic E-state index is 14.4. The maximum Gasteiger partial charge on any atom is 0.172 e. The van der Waals surface area contributed by atoms with Gasteiger partial charge in [-0.05, 0) is 29.2 Å². The van der Waals surface area contributed by atoms with Gasteiger partial charge in [-0.1, -0.05) is 42.5 Å². The van der Waals surface area contributed by atoms with E-state index in [1.54, 1.807) is 0 Å². The molecule has 1 aliphatic carbocycles. The van der Waals surface area contributed by atoms with Crippen molar-refractivity contribution in [3.05, 3.63) is 48.0 Å². The molecule has 0 amide bonds. The third kappa shape index (κ3) is 1.92. The Balaban J connectivity index is 1.93. The molecule has 1 atom stereocenters. The van der Waals surface area contributed by atoms with E-state index in [-0.39, 0.29) is 12.2 Å². The Morgan fingerprint density at radius 2 is 1.89 bits per heavy atom. The Morgan fingerprint density at radius 1 is 1.11 bits per heavy atom. The standard InChI is InChI=1S/C16H15FO/c17-16(9-3-6-15(16)18)11-12-7-8-13-4-1-2-5-14(13)10-12/h1-2,4-5,7-8,10H,3,6,9,11H2. The van der Waals surface area contributed by atoms with Crippen LogP contribution in [0.15, 0.2) is 42.5 Å². The summed E-state index contributed by atoms with van der Waals surface area (Å²) < 4.78 is 14.4. The van der Waals surface area contributed by atoms with Crippen molar-refractivity contribution in [2.45, 2.75) is 31.4 Å². The Kier molecular flexibility index (Phi) is 2.66. The molecular formula is C16H15FO. The molecule has 1 saturated carbocycles. The summed E-state index contributed by atoms with van der Waals surface area (Å²) in [6.07, 6.45) is 1.67. The van der Waals surface area contributed by atoms with Crippen LogP contribution in [0.2, 0.25) is 0 Å². The van der Waals surface area contributed by atoms with Gasteiger partial charge < -0.3 is 0 Å². The molecule has 2 heteroatoms. The zero-order valence-corrected chi connectivity index (χ0v) is 10.2. The van der Waals surface area contributed by atoms with E-state index in [9.17, 15) is 9.18 Å². The van der Waals surface area contributed by atoms with Gasteiger partial charge in [-0.25, -0.2) is 4.39 Å². The molecule has 1 unspecified atom stereocenters. The lowest BCUT2D eigenvalue weighted by molar-refractivity contribution is -0.127. The van der Waals surface area contributed by atoms with Gasteiger partial charge in [0.2, 0.25) is 0 Å². The van der Waals surface area contributed by atoms with Crippen LogP contribution in [0.4, 0.5) is 4.39 Å². The number of hydrogen-bond donors (Lipinski definition) is 0. The Labute approximate surface area is 106 Å². The van der Waals surface area contributed by atoms with Crippen molar-refractivity contribution < 1.29 is 9.18 Å². The van der Waals surface area contributed by atoms with Gasteiger partial charge in [0, 0.05) is 12.8 Å². The van der Waals surface area contributed by atoms with Crippen molar-refractivity contribution in [1.82, 2.24) is 0 Å². The van der Waals surface area contributed by atoms with Crippen LogP contribution in [0, 0.1) is 0 Å². The monoisotopic (exact) mass is 242 g/mol. The molecule has 0 bridgehead atoms. The third-order valence-electron chi connectivity index (χ3n) is 3.77. The highest BCUT2D eigenvalue weighted by Crippen LogP contribution is 2.33. The number of fused-ring (bicyclic) bond motifs is 1. The smallest absolute Gasteiger partial charge is 0.172 e. The van der Waals surface area contributed by atoms with Crippen molar-refractivity contribution in [3.8, 4) is 0 Å². The van der Waals surface area contributed by atoms with Gasteiger partial charge in [-0.3, -0.25) is 4.79 Å². The summed E-state index contributed by atoms with van der Waals surface area (Å²) in [6.45, 7) is 0. The lowest BCUT2D eigenvalue weighted by Gasteiger charge is -2.17. The summed E-state index contributed by atoms with van der Waals surface area (Å²) in [7, 11) is 0. The Hall–Kier alpha value is -1.70. The van der Waals surface area contributed by atoms with Crippen molar-refractivity contribution in [1.29, 1.82) is 0 Å². The molecule has 0 heterocycles. The van der Waals surface area contributed by atoms with Gasteiger partial charge in [0.15, 0.2) is 11.5 Å². The van der Waals surface area contributed by atoms with Crippen molar-refractivity contribution in [2.75, 3.05) is 0 Å². The lowest BCUT2D eigenvalue weighted by atomic mass is 9.93. The highest BCUT2D eigenvalue weighted by Gasteiger charge is 2.42.